The molecule has 0 aromatic carbocycles. The molecular formula is C19H26O3. The molecule has 0 aliphatic heterocycles. The van der Waals surface area contributed by atoms with Gasteiger partial charge in [0, 0.05) is 5.41 Å². The lowest BCUT2D eigenvalue weighted by Gasteiger charge is -2.56. The van der Waals surface area contributed by atoms with Crippen LogP contribution in [0.4, 0.5) is 0 Å². The van der Waals surface area contributed by atoms with Gasteiger partial charge in [0.05, 0.1) is 5.41 Å². The third-order valence-corrected chi connectivity index (χ3v) is 7.17. The predicted octanol–water partition coefficient (Wildman–Crippen LogP) is 2.89. The third kappa shape index (κ3) is 1.73. The first-order valence-electron chi connectivity index (χ1n) is 8.62. The second-order valence-electron chi connectivity index (χ2n) is 7.95. The fraction of sp³-hybridized carbons (Fsp3) is 0.684. The van der Waals surface area contributed by atoms with Crippen LogP contribution in [0.25, 0.3) is 0 Å². The highest BCUT2D eigenvalue weighted by Crippen LogP contribution is 2.65. The van der Waals surface area contributed by atoms with Crippen LogP contribution in [0.1, 0.15) is 45.4 Å². The zero-order valence-corrected chi connectivity index (χ0v) is 13.2. The second-order valence-corrected chi connectivity index (χ2v) is 7.95. The summed E-state index contributed by atoms with van der Waals surface area (Å²) >= 11 is 0. The van der Waals surface area contributed by atoms with Crippen molar-refractivity contribution in [3.05, 3.63) is 36.0 Å². The Morgan fingerprint density at radius 3 is 2.73 bits per heavy atom. The molecule has 120 valence electrons. The minimum atomic E-state index is -2.55. The zero-order valence-electron chi connectivity index (χ0n) is 13.2. The smallest absolute Gasteiger partial charge is 0.281 e. The summed E-state index contributed by atoms with van der Waals surface area (Å²) in [4.78, 5) is 0. The molecule has 0 unspecified atom stereocenters. The molecule has 0 spiro atoms. The summed E-state index contributed by atoms with van der Waals surface area (Å²) in [7, 11) is 0. The average Bonchev–Trinajstić information content (AvgIpc) is 2.91. The Bertz CT molecular complexity index is 568. The highest BCUT2D eigenvalue weighted by Gasteiger charge is 2.63. The van der Waals surface area contributed by atoms with Crippen molar-refractivity contribution in [2.45, 2.75) is 51.4 Å². The van der Waals surface area contributed by atoms with E-state index in [1.807, 2.05) is 0 Å². The lowest BCUT2D eigenvalue weighted by Crippen LogP contribution is -2.57. The van der Waals surface area contributed by atoms with Crippen molar-refractivity contribution in [3.8, 4) is 0 Å². The molecule has 3 heteroatoms. The second kappa shape index (κ2) is 4.56. The van der Waals surface area contributed by atoms with Crippen LogP contribution in [0.3, 0.4) is 0 Å². The highest BCUT2D eigenvalue weighted by molar-refractivity contribution is 5.40. The quantitative estimate of drug-likeness (QED) is 0.515. The Morgan fingerprint density at radius 1 is 1.14 bits per heavy atom. The van der Waals surface area contributed by atoms with Gasteiger partial charge in [-0.2, -0.15) is 0 Å². The van der Waals surface area contributed by atoms with E-state index in [9.17, 15) is 15.3 Å². The fourth-order valence-corrected chi connectivity index (χ4v) is 6.03. The van der Waals surface area contributed by atoms with Gasteiger partial charge >= 0.3 is 0 Å². The van der Waals surface area contributed by atoms with Crippen LogP contribution in [0.5, 0.6) is 0 Å². The molecule has 22 heavy (non-hydrogen) atoms. The Kier molecular flexibility index (Phi) is 3.04. The Labute approximate surface area is 132 Å². The van der Waals surface area contributed by atoms with E-state index in [2.05, 4.69) is 37.3 Å². The van der Waals surface area contributed by atoms with Crippen LogP contribution in [0.2, 0.25) is 0 Å². The molecule has 3 nitrogen and oxygen atoms in total. The van der Waals surface area contributed by atoms with Gasteiger partial charge in [0.15, 0.2) is 0 Å². The molecule has 0 radical (unpaired) electrons. The molecular weight excluding hydrogens is 276 g/mol. The van der Waals surface area contributed by atoms with Gasteiger partial charge in [-0.25, -0.2) is 0 Å². The number of hydrogen-bond acceptors (Lipinski definition) is 3. The topological polar surface area (TPSA) is 60.7 Å². The molecule has 4 aliphatic carbocycles. The number of rotatable bonds is 1. The summed E-state index contributed by atoms with van der Waals surface area (Å²) in [5.74, 6) is -1.56. The van der Waals surface area contributed by atoms with Gasteiger partial charge in [-0.05, 0) is 55.4 Å². The maximum Gasteiger partial charge on any atom is 0.281 e. The Morgan fingerprint density at radius 2 is 1.95 bits per heavy atom. The van der Waals surface area contributed by atoms with Crippen LogP contribution < -0.4 is 0 Å². The Balaban J connectivity index is 1.77. The first-order chi connectivity index (χ1) is 10.4. The maximum atomic E-state index is 10.1. The minimum Gasteiger partial charge on any atom is -0.343 e. The molecule has 0 heterocycles. The summed E-state index contributed by atoms with van der Waals surface area (Å²) in [6.07, 6.45) is 16.8. The molecule has 3 N–H and O–H groups in total. The SMILES string of the molecule is C[C@]12C=CCC=C1C=C[C@H]1[C@@H]3CCC[C@@]3(C(O)(O)O)CC[C@@H]12. The van der Waals surface area contributed by atoms with Crippen molar-refractivity contribution in [2.75, 3.05) is 0 Å². The molecule has 0 saturated heterocycles. The number of hydrogen-bond donors (Lipinski definition) is 3. The lowest BCUT2D eigenvalue weighted by atomic mass is 9.49. The van der Waals surface area contributed by atoms with Crippen molar-refractivity contribution < 1.29 is 15.3 Å². The predicted molar refractivity (Wildman–Crippen MR) is 84.5 cm³/mol. The fourth-order valence-electron chi connectivity index (χ4n) is 6.03. The van der Waals surface area contributed by atoms with E-state index in [-0.39, 0.29) is 11.3 Å². The summed E-state index contributed by atoms with van der Waals surface area (Å²) in [6.45, 7) is 2.32. The van der Waals surface area contributed by atoms with Crippen molar-refractivity contribution in [2.24, 2.45) is 28.6 Å². The van der Waals surface area contributed by atoms with Gasteiger partial charge in [0.25, 0.3) is 5.97 Å². The van der Waals surface area contributed by atoms with Gasteiger partial charge in [0.2, 0.25) is 0 Å². The van der Waals surface area contributed by atoms with Crippen molar-refractivity contribution >= 4 is 0 Å². The van der Waals surface area contributed by atoms with Crippen LogP contribution in [0, 0.1) is 28.6 Å². The zero-order chi connectivity index (χ0) is 15.6. The van der Waals surface area contributed by atoms with E-state index < -0.39 is 11.4 Å². The van der Waals surface area contributed by atoms with Gasteiger partial charge in [-0.3, -0.25) is 0 Å². The largest absolute Gasteiger partial charge is 0.343 e. The van der Waals surface area contributed by atoms with Crippen LogP contribution >= 0.6 is 0 Å². The summed E-state index contributed by atoms with van der Waals surface area (Å²) < 4.78 is 0. The van der Waals surface area contributed by atoms with E-state index in [1.165, 1.54) is 5.57 Å². The number of fused-ring (bicyclic) bond motifs is 5. The van der Waals surface area contributed by atoms with E-state index >= 15 is 0 Å². The highest BCUT2D eigenvalue weighted by atomic mass is 16.7. The summed E-state index contributed by atoms with van der Waals surface area (Å²) in [5.41, 5.74) is 0.731. The van der Waals surface area contributed by atoms with E-state index in [4.69, 9.17) is 0 Å². The molecule has 2 fully saturated rings. The molecule has 0 aromatic rings. The monoisotopic (exact) mass is 302 g/mol. The van der Waals surface area contributed by atoms with Crippen LogP contribution in [-0.4, -0.2) is 21.3 Å². The average molecular weight is 302 g/mol. The van der Waals surface area contributed by atoms with Gasteiger partial charge in [-0.15, -0.1) is 0 Å². The van der Waals surface area contributed by atoms with Crippen LogP contribution in [-0.2, 0) is 0 Å². The molecule has 4 rings (SSSR count). The van der Waals surface area contributed by atoms with Crippen molar-refractivity contribution in [1.82, 2.24) is 0 Å². The number of aliphatic hydroxyl groups is 3. The number of allylic oxidation sites excluding steroid dienone is 6. The molecule has 2 saturated carbocycles. The summed E-state index contributed by atoms with van der Waals surface area (Å²) in [6, 6.07) is 0. The van der Waals surface area contributed by atoms with E-state index in [1.54, 1.807) is 0 Å². The van der Waals surface area contributed by atoms with Gasteiger partial charge in [-0.1, -0.05) is 43.7 Å². The Hall–Kier alpha value is -0.900. The van der Waals surface area contributed by atoms with E-state index in [0.29, 0.717) is 24.7 Å². The summed E-state index contributed by atoms with van der Waals surface area (Å²) in [5, 5.41) is 30.2. The van der Waals surface area contributed by atoms with Gasteiger partial charge < -0.3 is 15.3 Å². The maximum absolute atomic E-state index is 10.1. The molecule has 5 atom stereocenters. The first-order valence-corrected chi connectivity index (χ1v) is 8.62. The van der Waals surface area contributed by atoms with Crippen molar-refractivity contribution in [3.63, 3.8) is 0 Å². The molecule has 0 amide bonds. The third-order valence-electron chi connectivity index (χ3n) is 7.17. The molecule has 4 aliphatic rings. The standard InChI is InChI=1S/C19H26O3/c1-17-10-3-2-5-13(17)7-8-14-15(17)9-12-18(19(20,21)22)11-4-6-16(14)18/h3,5,7-8,10,14-16,20-22H,2,4,6,9,11-12H2,1H3/t14-,15+,16+,17+,18-/m1/s1. The molecule has 0 bridgehead atoms. The molecule has 0 aromatic heterocycles. The van der Waals surface area contributed by atoms with Gasteiger partial charge in [0.1, 0.15) is 0 Å². The van der Waals surface area contributed by atoms with Crippen molar-refractivity contribution in [1.29, 1.82) is 0 Å². The lowest BCUT2D eigenvalue weighted by molar-refractivity contribution is -0.391. The minimum absolute atomic E-state index is 0.0649. The van der Waals surface area contributed by atoms with Crippen LogP contribution in [0.15, 0.2) is 36.0 Å². The first kappa shape index (κ1) is 14.7. The normalized spacial score (nSPS) is 46.7. The van der Waals surface area contributed by atoms with E-state index in [0.717, 1.165) is 25.7 Å².